The molecular formula is C13H11N7OS2. The first-order valence-electron chi connectivity index (χ1n) is 6.68. The number of carbonyl (C=O) groups excluding carboxylic acids is 1. The first-order chi connectivity index (χ1) is 11.1. The van der Waals surface area contributed by atoms with Gasteiger partial charge in [-0.25, -0.2) is 4.98 Å². The molecule has 0 atom stereocenters. The van der Waals surface area contributed by atoms with Crippen molar-refractivity contribution in [2.24, 2.45) is 7.05 Å². The Labute approximate surface area is 138 Å². The van der Waals surface area contributed by atoms with Gasteiger partial charge in [-0.15, -0.1) is 26.6 Å². The first-order valence-corrected chi connectivity index (χ1v) is 8.38. The van der Waals surface area contributed by atoms with Crippen LogP contribution < -0.4 is 5.32 Å². The second-order valence-corrected chi connectivity index (χ2v) is 6.69. The number of nitrogens with zero attached hydrogens (tertiary/aromatic N) is 6. The van der Waals surface area contributed by atoms with E-state index in [0.717, 1.165) is 16.4 Å². The lowest BCUT2D eigenvalue weighted by molar-refractivity contribution is 0.102. The average molecular weight is 345 g/mol. The molecule has 0 bridgehead atoms. The van der Waals surface area contributed by atoms with E-state index in [-0.39, 0.29) is 5.91 Å². The molecular weight excluding hydrogens is 334 g/mol. The quantitative estimate of drug-likeness (QED) is 0.615. The van der Waals surface area contributed by atoms with Gasteiger partial charge in [-0.1, -0.05) is 11.3 Å². The molecule has 1 amide bonds. The first kappa shape index (κ1) is 14.0. The van der Waals surface area contributed by atoms with Crippen LogP contribution in [-0.4, -0.2) is 35.3 Å². The highest BCUT2D eigenvalue weighted by atomic mass is 32.1. The molecule has 0 aromatic carbocycles. The fraction of sp³-hybridized carbons (Fsp3) is 0.154. The maximum Gasteiger partial charge on any atom is 0.276 e. The van der Waals surface area contributed by atoms with Gasteiger partial charge in [0, 0.05) is 18.1 Å². The van der Waals surface area contributed by atoms with Gasteiger partial charge in [0.25, 0.3) is 5.91 Å². The number of hydrogen-bond donors (Lipinski definition) is 1. The molecule has 4 heterocycles. The largest absolute Gasteiger partial charge is 0.346 e. The van der Waals surface area contributed by atoms with Crippen LogP contribution in [0.5, 0.6) is 0 Å². The van der Waals surface area contributed by atoms with Crippen molar-refractivity contribution in [1.82, 2.24) is 29.4 Å². The average Bonchev–Trinajstić information content (AvgIpc) is 3.24. The minimum absolute atomic E-state index is 0.289. The maximum atomic E-state index is 12.3. The van der Waals surface area contributed by atoms with Crippen molar-refractivity contribution in [3.05, 3.63) is 35.2 Å². The van der Waals surface area contributed by atoms with Crippen LogP contribution in [-0.2, 0) is 7.05 Å². The van der Waals surface area contributed by atoms with Gasteiger partial charge in [0.2, 0.25) is 10.1 Å². The Hall–Kier alpha value is -2.59. The Morgan fingerprint density at radius 1 is 1.35 bits per heavy atom. The molecule has 4 aromatic heterocycles. The van der Waals surface area contributed by atoms with Crippen LogP contribution in [0.1, 0.15) is 16.2 Å². The molecule has 116 valence electrons. The summed E-state index contributed by atoms with van der Waals surface area (Å²) in [6.45, 7) is 2.03. The molecule has 4 aromatic rings. The molecule has 0 fully saturated rings. The number of amides is 1. The Morgan fingerprint density at radius 2 is 2.22 bits per heavy atom. The zero-order valence-corrected chi connectivity index (χ0v) is 13.9. The second kappa shape index (κ2) is 5.25. The van der Waals surface area contributed by atoms with Crippen molar-refractivity contribution in [2.45, 2.75) is 6.92 Å². The molecule has 10 heteroatoms. The van der Waals surface area contributed by atoms with Crippen LogP contribution in [0.2, 0.25) is 0 Å². The summed E-state index contributed by atoms with van der Waals surface area (Å²) in [4.78, 5) is 17.3. The van der Waals surface area contributed by atoms with Crippen molar-refractivity contribution in [3.63, 3.8) is 0 Å². The van der Waals surface area contributed by atoms with Gasteiger partial charge in [-0.05, 0) is 19.1 Å². The zero-order valence-electron chi connectivity index (χ0n) is 12.2. The number of rotatable bonds is 3. The van der Waals surface area contributed by atoms with Crippen molar-refractivity contribution in [2.75, 3.05) is 5.32 Å². The van der Waals surface area contributed by atoms with E-state index in [1.165, 1.54) is 33.5 Å². The number of anilines is 1. The van der Waals surface area contributed by atoms with Crippen molar-refractivity contribution in [3.8, 4) is 10.7 Å². The number of carbonyl (C=O) groups is 1. The fourth-order valence-corrected chi connectivity index (χ4v) is 3.67. The van der Waals surface area contributed by atoms with Crippen LogP contribution in [0, 0.1) is 6.92 Å². The fourth-order valence-electron chi connectivity index (χ4n) is 2.10. The zero-order chi connectivity index (χ0) is 16.0. The Morgan fingerprint density at radius 3 is 2.96 bits per heavy atom. The van der Waals surface area contributed by atoms with Crippen molar-refractivity contribution in [1.29, 1.82) is 0 Å². The topological polar surface area (TPSA) is 90.0 Å². The normalized spacial score (nSPS) is 11.2. The molecule has 4 rings (SSSR count). The monoisotopic (exact) mass is 345 g/mol. The van der Waals surface area contributed by atoms with Crippen molar-refractivity contribution >= 4 is 38.7 Å². The highest BCUT2D eigenvalue weighted by molar-refractivity contribution is 7.20. The summed E-state index contributed by atoms with van der Waals surface area (Å²) < 4.78 is 3.56. The van der Waals surface area contributed by atoms with Crippen LogP contribution in [0.4, 0.5) is 5.13 Å². The minimum Gasteiger partial charge on any atom is -0.346 e. The smallest absolute Gasteiger partial charge is 0.276 e. The van der Waals surface area contributed by atoms with E-state index in [0.29, 0.717) is 15.8 Å². The highest BCUT2D eigenvalue weighted by Crippen LogP contribution is 2.26. The number of thiazole rings is 1. The van der Waals surface area contributed by atoms with E-state index in [2.05, 4.69) is 25.6 Å². The number of hydrogen-bond acceptors (Lipinski definition) is 7. The van der Waals surface area contributed by atoms with Gasteiger partial charge in [-0.3, -0.25) is 10.1 Å². The summed E-state index contributed by atoms with van der Waals surface area (Å²) in [6, 6.07) is 4.02. The minimum atomic E-state index is -0.289. The van der Waals surface area contributed by atoms with E-state index >= 15 is 0 Å². The number of aromatic nitrogens is 6. The number of aryl methyl sites for hydroxylation is 1. The van der Waals surface area contributed by atoms with Gasteiger partial charge in [0.05, 0.1) is 5.69 Å². The summed E-state index contributed by atoms with van der Waals surface area (Å²) in [7, 11) is 1.98. The summed E-state index contributed by atoms with van der Waals surface area (Å²) in [6.07, 6.45) is 1.49. The number of nitrogens with one attached hydrogen (secondary N) is 1. The van der Waals surface area contributed by atoms with E-state index < -0.39 is 0 Å². The predicted molar refractivity (Wildman–Crippen MR) is 87.9 cm³/mol. The third-order valence-corrected chi connectivity index (χ3v) is 5.13. The molecule has 0 aliphatic carbocycles. The third kappa shape index (κ3) is 2.41. The van der Waals surface area contributed by atoms with Crippen LogP contribution in [0.3, 0.4) is 0 Å². The highest BCUT2D eigenvalue weighted by Gasteiger charge is 2.16. The van der Waals surface area contributed by atoms with Crippen LogP contribution in [0.25, 0.3) is 15.7 Å². The van der Waals surface area contributed by atoms with Crippen molar-refractivity contribution < 1.29 is 4.79 Å². The molecule has 0 spiro atoms. The third-order valence-electron chi connectivity index (χ3n) is 3.44. The standard InChI is InChI=1S/C13H11N7OS2/c1-7-3-4-9(19(7)2)11-15-8(5-22-11)10(21)16-12-18-20-6-14-17-13(20)23-12/h3-6H,1-2H3,(H,16,18,21). The molecule has 0 aliphatic rings. The van der Waals surface area contributed by atoms with E-state index in [1.807, 2.05) is 30.7 Å². The SMILES string of the molecule is Cc1ccc(-c2nc(C(=O)Nc3nn4cnnc4s3)cs2)n1C. The second-order valence-electron chi connectivity index (χ2n) is 4.88. The summed E-state index contributed by atoms with van der Waals surface area (Å²) >= 11 is 2.69. The lowest BCUT2D eigenvalue weighted by Crippen LogP contribution is -2.12. The van der Waals surface area contributed by atoms with Crippen LogP contribution in [0.15, 0.2) is 23.8 Å². The molecule has 0 aliphatic heterocycles. The predicted octanol–water partition coefficient (Wildman–Crippen LogP) is 2.21. The van der Waals surface area contributed by atoms with Gasteiger partial charge in [0.15, 0.2) is 0 Å². The molecule has 0 saturated carbocycles. The van der Waals surface area contributed by atoms with E-state index in [1.54, 1.807) is 5.38 Å². The summed E-state index contributed by atoms with van der Waals surface area (Å²) in [5.74, 6) is -0.289. The molecule has 8 nitrogen and oxygen atoms in total. The van der Waals surface area contributed by atoms with Gasteiger partial charge < -0.3 is 4.57 Å². The van der Waals surface area contributed by atoms with Gasteiger partial charge in [-0.2, -0.15) is 4.52 Å². The van der Waals surface area contributed by atoms with E-state index in [4.69, 9.17) is 0 Å². The Kier molecular flexibility index (Phi) is 3.20. The lowest BCUT2D eigenvalue weighted by Gasteiger charge is -2.01. The van der Waals surface area contributed by atoms with E-state index in [9.17, 15) is 4.79 Å². The van der Waals surface area contributed by atoms with Gasteiger partial charge >= 0.3 is 0 Å². The van der Waals surface area contributed by atoms with Crippen LogP contribution >= 0.6 is 22.7 Å². The lowest BCUT2D eigenvalue weighted by atomic mass is 10.4. The molecule has 23 heavy (non-hydrogen) atoms. The Balaban J connectivity index is 1.57. The Bertz CT molecular complexity index is 980. The maximum absolute atomic E-state index is 12.3. The molecule has 0 radical (unpaired) electrons. The number of fused-ring (bicyclic) bond motifs is 1. The summed E-state index contributed by atoms with van der Waals surface area (Å²) in [5, 5.41) is 17.5. The van der Waals surface area contributed by atoms with Gasteiger partial charge in [0.1, 0.15) is 17.0 Å². The molecule has 1 N–H and O–H groups in total. The molecule has 0 unspecified atom stereocenters. The summed E-state index contributed by atoms with van der Waals surface area (Å²) in [5.41, 5.74) is 2.50. The molecule has 0 saturated heterocycles.